The van der Waals surface area contributed by atoms with E-state index in [2.05, 4.69) is 145 Å². The minimum atomic E-state index is -3.29. The number of nitrogens with zero attached hydrogens (tertiary/aromatic N) is 2. The van der Waals surface area contributed by atoms with E-state index in [0.29, 0.717) is 0 Å². The van der Waals surface area contributed by atoms with Gasteiger partial charge in [0, 0.05) is 27.9 Å². The van der Waals surface area contributed by atoms with Crippen LogP contribution in [0.1, 0.15) is 12.7 Å². The second-order valence-corrected chi connectivity index (χ2v) is 16.7. The van der Waals surface area contributed by atoms with Gasteiger partial charge in [0.15, 0.2) is 7.14 Å². The molecule has 1 atom stereocenters. The van der Waals surface area contributed by atoms with Crippen LogP contribution in [0.15, 0.2) is 170 Å². The van der Waals surface area contributed by atoms with Gasteiger partial charge in [0.1, 0.15) is 5.82 Å². The molecule has 0 amide bonds. The molecule has 0 saturated carbocycles. The molecule has 0 spiro atoms. The van der Waals surface area contributed by atoms with Gasteiger partial charge < -0.3 is 4.57 Å². The summed E-state index contributed by atoms with van der Waals surface area (Å²) in [5.41, 5.74) is 7.42. The van der Waals surface area contributed by atoms with Crippen molar-refractivity contribution in [2.24, 2.45) is 0 Å². The van der Waals surface area contributed by atoms with Crippen molar-refractivity contribution in [2.45, 2.75) is 13.3 Å². The molecule has 11 rings (SSSR count). The van der Waals surface area contributed by atoms with E-state index < -0.39 is 7.14 Å². The van der Waals surface area contributed by atoms with Gasteiger partial charge >= 0.3 is 0 Å². The number of aromatic nitrogens is 2. The molecular formula is C49H33N2OP. The number of imidazole rings is 1. The van der Waals surface area contributed by atoms with Crippen molar-refractivity contribution >= 4 is 77.2 Å². The third kappa shape index (κ3) is 4.17. The molecule has 1 aromatic heterocycles. The van der Waals surface area contributed by atoms with Gasteiger partial charge in [0.05, 0.1) is 16.7 Å². The van der Waals surface area contributed by atoms with Gasteiger partial charge in [-0.25, -0.2) is 4.98 Å². The molecule has 0 radical (unpaired) electrons. The zero-order chi connectivity index (χ0) is 35.3. The van der Waals surface area contributed by atoms with Gasteiger partial charge in [-0.3, -0.25) is 4.57 Å². The fraction of sp³-hybridized carbons (Fsp3) is 0.0408. The lowest BCUT2D eigenvalue weighted by Gasteiger charge is -2.31. The number of hydrogen-bond acceptors (Lipinski definition) is 2. The van der Waals surface area contributed by atoms with E-state index in [0.717, 1.165) is 66.8 Å². The summed E-state index contributed by atoms with van der Waals surface area (Å²) < 4.78 is 18.4. The number of benzene rings is 9. The van der Waals surface area contributed by atoms with Gasteiger partial charge in [-0.05, 0) is 84.0 Å². The van der Waals surface area contributed by atoms with Crippen LogP contribution in [0, 0.1) is 0 Å². The van der Waals surface area contributed by atoms with Crippen molar-refractivity contribution in [3.63, 3.8) is 0 Å². The Hall–Kier alpha value is -6.28. The number of hydrogen-bond donors (Lipinski definition) is 0. The summed E-state index contributed by atoms with van der Waals surface area (Å²) in [6.07, 6.45) is 0.745. The van der Waals surface area contributed by atoms with Gasteiger partial charge in [-0.1, -0.05) is 153 Å². The van der Waals surface area contributed by atoms with E-state index >= 15 is 4.57 Å². The predicted molar refractivity (Wildman–Crippen MR) is 224 cm³/mol. The maximum Gasteiger partial charge on any atom is 0.175 e. The monoisotopic (exact) mass is 696 g/mol. The molecule has 9 aromatic carbocycles. The zero-order valence-corrected chi connectivity index (χ0v) is 30.0. The number of aryl methyl sites for hydroxylation is 1. The lowest BCUT2D eigenvalue weighted by Crippen LogP contribution is -2.33. The summed E-state index contributed by atoms with van der Waals surface area (Å²) in [6.45, 7) is 2.16. The summed E-state index contributed by atoms with van der Waals surface area (Å²) >= 11 is 0. The van der Waals surface area contributed by atoms with Crippen LogP contribution in [0.25, 0.3) is 82.1 Å². The first-order valence-corrected chi connectivity index (χ1v) is 20.0. The van der Waals surface area contributed by atoms with Crippen LogP contribution < -0.4 is 15.9 Å². The summed E-state index contributed by atoms with van der Waals surface area (Å²) in [7, 11) is -3.29. The Labute approximate surface area is 307 Å². The minimum absolute atomic E-state index is 0.745. The Morgan fingerprint density at radius 2 is 1.13 bits per heavy atom. The maximum absolute atomic E-state index is 16.1. The fourth-order valence-electron chi connectivity index (χ4n) is 9.06. The zero-order valence-electron chi connectivity index (χ0n) is 29.1. The molecule has 1 aliphatic rings. The first-order chi connectivity index (χ1) is 26.1. The van der Waals surface area contributed by atoms with Crippen LogP contribution in [0.5, 0.6) is 0 Å². The van der Waals surface area contributed by atoms with Gasteiger partial charge in [0.2, 0.25) is 0 Å². The lowest BCUT2D eigenvalue weighted by molar-refractivity contribution is 0.592. The van der Waals surface area contributed by atoms with Gasteiger partial charge in [-0.2, -0.15) is 0 Å². The SMILES string of the molecule is CCc1nc2cccc3c2n1-c1c(-c2c4ccccc4c(-c4ccc5c(ccc6ccccc65)c4)c4ccccc24)cccc1P3(=O)c1ccccc1. The Bertz CT molecular complexity index is 3140. The Kier molecular flexibility index (Phi) is 6.51. The minimum Gasteiger partial charge on any atom is -0.308 e. The molecule has 1 unspecified atom stereocenters. The molecule has 0 fully saturated rings. The third-order valence-electron chi connectivity index (χ3n) is 11.3. The lowest BCUT2D eigenvalue weighted by atomic mass is 9.85. The average molecular weight is 697 g/mol. The normalized spacial score (nSPS) is 15.1. The van der Waals surface area contributed by atoms with Crippen molar-refractivity contribution in [3.05, 3.63) is 176 Å². The van der Waals surface area contributed by atoms with Crippen molar-refractivity contribution in [2.75, 3.05) is 0 Å². The largest absolute Gasteiger partial charge is 0.308 e. The second-order valence-electron chi connectivity index (χ2n) is 14.0. The molecular weight excluding hydrogens is 664 g/mol. The van der Waals surface area contributed by atoms with E-state index in [4.69, 9.17) is 4.98 Å². The third-order valence-corrected chi connectivity index (χ3v) is 14.4. The second kappa shape index (κ2) is 11.4. The van der Waals surface area contributed by atoms with Crippen molar-refractivity contribution in [1.82, 2.24) is 9.55 Å². The molecule has 250 valence electrons. The molecule has 1 aliphatic heterocycles. The highest BCUT2D eigenvalue weighted by molar-refractivity contribution is 7.86. The molecule has 3 nitrogen and oxygen atoms in total. The Balaban J connectivity index is 1.26. The van der Waals surface area contributed by atoms with Crippen LogP contribution in [0.3, 0.4) is 0 Å². The molecule has 53 heavy (non-hydrogen) atoms. The van der Waals surface area contributed by atoms with Crippen molar-refractivity contribution in [3.8, 4) is 27.9 Å². The van der Waals surface area contributed by atoms with Gasteiger partial charge in [-0.15, -0.1) is 0 Å². The van der Waals surface area contributed by atoms with Crippen molar-refractivity contribution in [1.29, 1.82) is 0 Å². The summed E-state index contributed by atoms with van der Waals surface area (Å²) in [5, 5.41) is 12.2. The van der Waals surface area contributed by atoms with Crippen LogP contribution in [-0.4, -0.2) is 9.55 Å². The average Bonchev–Trinajstić information content (AvgIpc) is 3.61. The highest BCUT2D eigenvalue weighted by Crippen LogP contribution is 2.53. The standard InChI is InChI=1S/C49H33N2OP/c1-2-45-50-42-23-13-25-44-49(42)51(45)48-41(22-12-24-43(48)53(44,52)34-15-4-3-5-16-34)47-39-20-10-8-18-37(39)46(38-19-9-11-21-40(38)47)33-28-29-36-32(30-33)27-26-31-14-6-7-17-35(31)36/h3-30H,2H2,1H3. The summed E-state index contributed by atoms with van der Waals surface area (Å²) in [6, 6.07) is 60.2. The molecule has 0 bridgehead atoms. The van der Waals surface area contributed by atoms with Crippen LogP contribution in [0.4, 0.5) is 0 Å². The van der Waals surface area contributed by atoms with E-state index in [-0.39, 0.29) is 0 Å². The first kappa shape index (κ1) is 30.4. The highest BCUT2D eigenvalue weighted by Gasteiger charge is 2.41. The maximum atomic E-state index is 16.1. The van der Waals surface area contributed by atoms with E-state index in [1.165, 1.54) is 43.4 Å². The fourth-order valence-corrected chi connectivity index (χ4v) is 12.1. The van der Waals surface area contributed by atoms with Crippen LogP contribution in [-0.2, 0) is 11.0 Å². The predicted octanol–water partition coefficient (Wildman–Crippen LogP) is 11.5. The molecule has 0 N–H and O–H groups in total. The number of para-hydroxylation sites is 2. The molecule has 10 aromatic rings. The Morgan fingerprint density at radius 3 is 1.87 bits per heavy atom. The first-order valence-electron chi connectivity index (χ1n) is 18.3. The van der Waals surface area contributed by atoms with E-state index in [1.807, 2.05) is 36.4 Å². The number of rotatable bonds is 4. The van der Waals surface area contributed by atoms with E-state index in [9.17, 15) is 0 Å². The van der Waals surface area contributed by atoms with Gasteiger partial charge in [0.25, 0.3) is 0 Å². The molecule has 4 heteroatoms. The molecule has 2 heterocycles. The Morgan fingerprint density at radius 1 is 0.528 bits per heavy atom. The number of fused-ring (bicyclic) bond motifs is 7. The highest BCUT2D eigenvalue weighted by atomic mass is 31.2. The quantitative estimate of drug-likeness (QED) is 0.104. The summed E-state index contributed by atoms with van der Waals surface area (Å²) in [5.74, 6) is 0.967. The summed E-state index contributed by atoms with van der Waals surface area (Å²) in [4.78, 5) is 5.16. The topological polar surface area (TPSA) is 34.9 Å². The van der Waals surface area contributed by atoms with Crippen molar-refractivity contribution < 1.29 is 4.57 Å². The van der Waals surface area contributed by atoms with Crippen LogP contribution >= 0.6 is 7.14 Å². The smallest absolute Gasteiger partial charge is 0.175 e. The van der Waals surface area contributed by atoms with Crippen LogP contribution in [0.2, 0.25) is 0 Å². The molecule has 0 aliphatic carbocycles. The van der Waals surface area contributed by atoms with E-state index in [1.54, 1.807) is 0 Å². The molecule has 0 saturated heterocycles.